The third kappa shape index (κ3) is 8.84. The molecule has 0 aliphatic heterocycles. The minimum atomic E-state index is -0.174. The highest BCUT2D eigenvalue weighted by Gasteiger charge is 2.04. The first-order valence-corrected chi connectivity index (χ1v) is 7.55. The van der Waals surface area contributed by atoms with E-state index < -0.39 is 0 Å². The lowest BCUT2D eigenvalue weighted by molar-refractivity contribution is -0.140. The van der Waals surface area contributed by atoms with E-state index in [-0.39, 0.29) is 11.9 Å². The Balaban J connectivity index is 1.94. The van der Waals surface area contributed by atoms with Crippen LogP contribution in [0.3, 0.4) is 0 Å². The molecule has 0 aromatic heterocycles. The van der Waals surface area contributed by atoms with Crippen LogP contribution in [0.1, 0.15) is 51.4 Å². The molecular weight excluding hydrogens is 268 g/mol. The second-order valence-corrected chi connectivity index (χ2v) is 4.98. The maximum Gasteiger partial charge on any atom is 0.311 e. The summed E-state index contributed by atoms with van der Waals surface area (Å²) in [7, 11) is 1.41. The number of ether oxygens (including phenoxy) is 2. The van der Waals surface area contributed by atoms with Crippen LogP contribution in [0.5, 0.6) is 5.75 Å². The van der Waals surface area contributed by atoms with Crippen molar-refractivity contribution in [3.8, 4) is 5.75 Å². The number of hydrogen-bond donors (Lipinski definition) is 0. The molecule has 0 bridgehead atoms. The zero-order chi connectivity index (χ0) is 15.3. The van der Waals surface area contributed by atoms with Gasteiger partial charge in [0.2, 0.25) is 0 Å². The summed E-state index contributed by atoms with van der Waals surface area (Å²) in [4.78, 5) is 22.5. The number of carbonyl (C=O) groups is 2. The lowest BCUT2D eigenvalue weighted by Crippen LogP contribution is -2.07. The molecule has 1 rings (SSSR count). The Morgan fingerprint density at radius 3 is 1.90 bits per heavy atom. The third-order valence-electron chi connectivity index (χ3n) is 3.21. The van der Waals surface area contributed by atoms with Crippen molar-refractivity contribution in [2.75, 3.05) is 7.11 Å². The maximum atomic E-state index is 11.6. The van der Waals surface area contributed by atoms with E-state index in [1.54, 1.807) is 12.1 Å². The van der Waals surface area contributed by atoms with Crippen LogP contribution in [0, 0.1) is 0 Å². The van der Waals surface area contributed by atoms with Crippen LogP contribution in [0.2, 0.25) is 0 Å². The fraction of sp³-hybridized carbons (Fsp3) is 0.529. The van der Waals surface area contributed by atoms with Crippen LogP contribution in [0.25, 0.3) is 0 Å². The Labute approximate surface area is 126 Å². The Kier molecular flexibility index (Phi) is 8.93. The molecule has 21 heavy (non-hydrogen) atoms. The van der Waals surface area contributed by atoms with Crippen molar-refractivity contribution in [2.24, 2.45) is 0 Å². The zero-order valence-corrected chi connectivity index (χ0v) is 12.7. The molecular formula is C17H24O4. The van der Waals surface area contributed by atoms with Gasteiger partial charge >= 0.3 is 11.9 Å². The molecule has 4 nitrogen and oxygen atoms in total. The first-order chi connectivity index (χ1) is 10.2. The normalized spacial score (nSPS) is 10.1. The molecule has 0 N–H and O–H groups in total. The zero-order valence-electron chi connectivity index (χ0n) is 12.7. The van der Waals surface area contributed by atoms with E-state index in [0.717, 1.165) is 38.5 Å². The Hall–Kier alpha value is -1.84. The number of para-hydroxylation sites is 1. The average molecular weight is 292 g/mol. The van der Waals surface area contributed by atoms with Crippen LogP contribution < -0.4 is 4.74 Å². The monoisotopic (exact) mass is 292 g/mol. The summed E-state index contributed by atoms with van der Waals surface area (Å²) in [5.74, 6) is 0.288. The molecule has 0 amide bonds. The quantitative estimate of drug-likeness (QED) is 0.373. The average Bonchev–Trinajstić information content (AvgIpc) is 2.50. The van der Waals surface area contributed by atoms with E-state index in [4.69, 9.17) is 4.74 Å². The summed E-state index contributed by atoms with van der Waals surface area (Å²) in [5.41, 5.74) is 0. The van der Waals surface area contributed by atoms with Crippen molar-refractivity contribution in [2.45, 2.75) is 51.4 Å². The second kappa shape index (κ2) is 10.9. The minimum Gasteiger partial charge on any atom is -0.469 e. The van der Waals surface area contributed by atoms with Crippen molar-refractivity contribution in [3.63, 3.8) is 0 Å². The minimum absolute atomic E-state index is 0.140. The molecule has 4 heteroatoms. The summed E-state index contributed by atoms with van der Waals surface area (Å²) >= 11 is 0. The molecule has 0 radical (unpaired) electrons. The Morgan fingerprint density at radius 2 is 1.33 bits per heavy atom. The van der Waals surface area contributed by atoms with Gasteiger partial charge in [0.25, 0.3) is 0 Å². The predicted molar refractivity (Wildman–Crippen MR) is 81.0 cm³/mol. The van der Waals surface area contributed by atoms with Gasteiger partial charge < -0.3 is 9.47 Å². The summed E-state index contributed by atoms with van der Waals surface area (Å²) in [6.07, 6.45) is 6.90. The highest BCUT2D eigenvalue weighted by Crippen LogP contribution is 2.12. The van der Waals surface area contributed by atoms with E-state index in [2.05, 4.69) is 4.74 Å². The smallest absolute Gasteiger partial charge is 0.311 e. The number of methoxy groups -OCH3 is 1. The van der Waals surface area contributed by atoms with E-state index in [9.17, 15) is 9.59 Å². The van der Waals surface area contributed by atoms with Crippen molar-refractivity contribution in [3.05, 3.63) is 30.3 Å². The largest absolute Gasteiger partial charge is 0.469 e. The van der Waals surface area contributed by atoms with Crippen LogP contribution in [-0.4, -0.2) is 19.0 Å². The number of unbranched alkanes of at least 4 members (excludes halogenated alkanes) is 5. The highest BCUT2D eigenvalue weighted by atomic mass is 16.5. The van der Waals surface area contributed by atoms with E-state index in [1.807, 2.05) is 18.2 Å². The number of rotatable bonds is 10. The molecule has 0 aliphatic rings. The fourth-order valence-electron chi connectivity index (χ4n) is 2.02. The Bertz CT molecular complexity index is 414. The molecule has 0 saturated heterocycles. The SMILES string of the molecule is COC(=O)CCCCCCCCC(=O)Oc1ccccc1. The maximum absolute atomic E-state index is 11.6. The topological polar surface area (TPSA) is 52.6 Å². The molecule has 1 aromatic carbocycles. The van der Waals surface area contributed by atoms with Gasteiger partial charge in [0.1, 0.15) is 5.75 Å². The molecule has 116 valence electrons. The summed E-state index contributed by atoms with van der Waals surface area (Å²) in [6.45, 7) is 0. The van der Waals surface area contributed by atoms with Crippen LogP contribution in [0.4, 0.5) is 0 Å². The lowest BCUT2D eigenvalue weighted by Gasteiger charge is -2.04. The summed E-state index contributed by atoms with van der Waals surface area (Å²) in [5, 5.41) is 0. The van der Waals surface area contributed by atoms with Crippen molar-refractivity contribution in [1.29, 1.82) is 0 Å². The van der Waals surface area contributed by atoms with Crippen molar-refractivity contribution < 1.29 is 19.1 Å². The number of esters is 2. The van der Waals surface area contributed by atoms with Gasteiger partial charge in [-0.3, -0.25) is 9.59 Å². The van der Waals surface area contributed by atoms with E-state index in [0.29, 0.717) is 18.6 Å². The molecule has 0 heterocycles. The first-order valence-electron chi connectivity index (χ1n) is 7.55. The standard InChI is InChI=1S/C17H24O4/c1-20-16(18)13-9-4-2-3-5-10-14-17(19)21-15-11-7-6-8-12-15/h6-8,11-12H,2-5,9-10,13-14H2,1H3. The van der Waals surface area contributed by atoms with Gasteiger partial charge in [-0.05, 0) is 25.0 Å². The summed E-state index contributed by atoms with van der Waals surface area (Å²) < 4.78 is 9.79. The predicted octanol–water partition coefficient (Wildman–Crippen LogP) is 3.89. The van der Waals surface area contributed by atoms with Crippen LogP contribution in [-0.2, 0) is 14.3 Å². The van der Waals surface area contributed by atoms with E-state index >= 15 is 0 Å². The number of benzene rings is 1. The molecule has 0 atom stereocenters. The number of hydrogen-bond acceptors (Lipinski definition) is 4. The summed E-state index contributed by atoms with van der Waals surface area (Å²) in [6, 6.07) is 9.13. The van der Waals surface area contributed by atoms with Gasteiger partial charge in [-0.1, -0.05) is 43.9 Å². The van der Waals surface area contributed by atoms with Crippen molar-refractivity contribution >= 4 is 11.9 Å². The second-order valence-electron chi connectivity index (χ2n) is 4.98. The van der Waals surface area contributed by atoms with Gasteiger partial charge in [0.05, 0.1) is 7.11 Å². The van der Waals surface area contributed by atoms with Gasteiger partial charge in [-0.15, -0.1) is 0 Å². The van der Waals surface area contributed by atoms with Gasteiger partial charge in [-0.25, -0.2) is 0 Å². The van der Waals surface area contributed by atoms with Gasteiger partial charge in [0.15, 0.2) is 0 Å². The van der Waals surface area contributed by atoms with Gasteiger partial charge in [0, 0.05) is 12.8 Å². The fourth-order valence-corrected chi connectivity index (χ4v) is 2.02. The lowest BCUT2D eigenvalue weighted by atomic mass is 10.1. The first kappa shape index (κ1) is 17.2. The molecule has 0 unspecified atom stereocenters. The van der Waals surface area contributed by atoms with Crippen LogP contribution in [0.15, 0.2) is 30.3 Å². The van der Waals surface area contributed by atoms with E-state index in [1.165, 1.54) is 7.11 Å². The van der Waals surface area contributed by atoms with Crippen LogP contribution >= 0.6 is 0 Å². The molecule has 0 fully saturated rings. The number of carbonyl (C=O) groups excluding carboxylic acids is 2. The molecule has 0 spiro atoms. The molecule has 0 saturated carbocycles. The van der Waals surface area contributed by atoms with Gasteiger partial charge in [-0.2, -0.15) is 0 Å². The third-order valence-corrected chi connectivity index (χ3v) is 3.21. The molecule has 1 aromatic rings. The molecule has 0 aliphatic carbocycles. The van der Waals surface area contributed by atoms with Crippen molar-refractivity contribution in [1.82, 2.24) is 0 Å². The Morgan fingerprint density at radius 1 is 0.810 bits per heavy atom. The highest BCUT2D eigenvalue weighted by molar-refractivity contribution is 5.72.